The van der Waals surface area contributed by atoms with Crippen molar-refractivity contribution in [3.63, 3.8) is 0 Å². The Morgan fingerprint density at radius 3 is 2.23 bits per heavy atom. The summed E-state index contributed by atoms with van der Waals surface area (Å²) >= 11 is 0. The number of benzene rings is 1. The van der Waals surface area contributed by atoms with E-state index in [2.05, 4.69) is 10.1 Å². The van der Waals surface area contributed by atoms with Gasteiger partial charge in [-0.25, -0.2) is 17.5 Å². The monoisotopic (exact) mass is 330 g/mol. The van der Waals surface area contributed by atoms with Crippen LogP contribution in [0.2, 0.25) is 0 Å². The lowest BCUT2D eigenvalue weighted by Crippen LogP contribution is -2.44. The fraction of sp³-hybridized carbons (Fsp3) is 0.385. The summed E-state index contributed by atoms with van der Waals surface area (Å²) in [6.07, 6.45) is 0. The molecule has 22 heavy (non-hydrogen) atoms. The number of ether oxygens (including phenoxy) is 1. The first-order valence-electron chi connectivity index (χ1n) is 6.26. The fourth-order valence-electron chi connectivity index (χ4n) is 1.55. The number of aliphatic hydroxyl groups is 1. The van der Waals surface area contributed by atoms with Gasteiger partial charge in [-0.3, -0.25) is 4.79 Å². The molecule has 8 nitrogen and oxygen atoms in total. The number of carbonyl (C=O) groups is 2. The van der Waals surface area contributed by atoms with Crippen molar-refractivity contribution in [3.05, 3.63) is 29.8 Å². The number of sulfonamides is 1. The number of esters is 1. The molecular formula is C13H18N2O6S. The molecule has 0 aliphatic rings. The molecule has 0 unspecified atom stereocenters. The Morgan fingerprint density at radius 2 is 1.82 bits per heavy atom. The van der Waals surface area contributed by atoms with Crippen LogP contribution in [0.1, 0.15) is 10.4 Å². The van der Waals surface area contributed by atoms with Crippen molar-refractivity contribution < 1.29 is 27.9 Å². The van der Waals surface area contributed by atoms with Gasteiger partial charge in [0.25, 0.3) is 5.91 Å². The van der Waals surface area contributed by atoms with Gasteiger partial charge in [-0.15, -0.1) is 0 Å². The molecule has 0 saturated heterocycles. The van der Waals surface area contributed by atoms with E-state index in [0.717, 1.165) is 11.4 Å². The van der Waals surface area contributed by atoms with Crippen molar-refractivity contribution >= 4 is 21.9 Å². The largest absolute Gasteiger partial charge is 0.467 e. The summed E-state index contributed by atoms with van der Waals surface area (Å²) < 4.78 is 29.3. The van der Waals surface area contributed by atoms with Crippen LogP contribution in [-0.4, -0.2) is 63.6 Å². The number of aliphatic hydroxyl groups excluding tert-OH is 1. The summed E-state index contributed by atoms with van der Waals surface area (Å²) in [7, 11) is 0.362. The molecule has 0 heterocycles. The number of hydrogen-bond donors (Lipinski definition) is 2. The van der Waals surface area contributed by atoms with E-state index in [9.17, 15) is 18.0 Å². The van der Waals surface area contributed by atoms with Gasteiger partial charge in [0.2, 0.25) is 10.0 Å². The first-order valence-corrected chi connectivity index (χ1v) is 7.70. The second-order valence-corrected chi connectivity index (χ2v) is 6.70. The Labute approximate surface area is 128 Å². The van der Waals surface area contributed by atoms with Gasteiger partial charge in [-0.05, 0) is 24.3 Å². The van der Waals surface area contributed by atoms with E-state index in [1.165, 1.54) is 38.4 Å². The highest BCUT2D eigenvalue weighted by Crippen LogP contribution is 2.14. The topological polar surface area (TPSA) is 113 Å². The molecule has 9 heteroatoms. The number of nitrogens with one attached hydrogen (secondary N) is 1. The van der Waals surface area contributed by atoms with Crippen molar-refractivity contribution in [2.24, 2.45) is 0 Å². The van der Waals surface area contributed by atoms with E-state index >= 15 is 0 Å². The Balaban J connectivity index is 2.91. The number of nitrogens with zero attached hydrogens (tertiary/aromatic N) is 1. The molecule has 0 fully saturated rings. The van der Waals surface area contributed by atoms with Gasteiger partial charge in [-0.2, -0.15) is 0 Å². The molecule has 0 bridgehead atoms. The number of rotatable bonds is 6. The molecule has 2 N–H and O–H groups in total. The summed E-state index contributed by atoms with van der Waals surface area (Å²) in [5, 5.41) is 11.3. The average Bonchev–Trinajstić information content (AvgIpc) is 2.51. The molecule has 1 aromatic rings. The first-order chi connectivity index (χ1) is 10.2. The highest BCUT2D eigenvalue weighted by atomic mass is 32.2. The standard InChI is InChI=1S/C13H18N2O6S/c1-15(2)22(19,20)10-6-4-9(5-7-10)12(17)14-11(8-16)13(18)21-3/h4-7,11,16H,8H2,1-3H3,(H,14,17)/t11-/m0/s1. The lowest BCUT2D eigenvalue weighted by atomic mass is 10.2. The van der Waals surface area contributed by atoms with Gasteiger partial charge >= 0.3 is 5.97 Å². The summed E-state index contributed by atoms with van der Waals surface area (Å²) in [5.74, 6) is -1.40. The molecule has 1 atom stereocenters. The van der Waals surface area contributed by atoms with E-state index < -0.39 is 34.5 Å². The van der Waals surface area contributed by atoms with Crippen LogP contribution >= 0.6 is 0 Å². The maximum atomic E-state index is 11.9. The smallest absolute Gasteiger partial charge is 0.330 e. The Morgan fingerprint density at radius 1 is 1.27 bits per heavy atom. The lowest BCUT2D eigenvalue weighted by Gasteiger charge is -2.14. The third-order valence-corrected chi connectivity index (χ3v) is 4.70. The zero-order chi connectivity index (χ0) is 16.9. The molecule has 0 aromatic heterocycles. The van der Waals surface area contributed by atoms with Crippen LogP contribution in [0.3, 0.4) is 0 Å². The van der Waals surface area contributed by atoms with Crippen LogP contribution in [0.5, 0.6) is 0 Å². The number of hydrogen-bond acceptors (Lipinski definition) is 6. The minimum atomic E-state index is -3.58. The van der Waals surface area contributed by atoms with Crippen LogP contribution in [-0.2, 0) is 19.6 Å². The van der Waals surface area contributed by atoms with Crippen molar-refractivity contribution in [1.82, 2.24) is 9.62 Å². The molecule has 0 radical (unpaired) electrons. The van der Waals surface area contributed by atoms with Crippen LogP contribution in [0.25, 0.3) is 0 Å². The van der Waals surface area contributed by atoms with Crippen LogP contribution in [0, 0.1) is 0 Å². The zero-order valence-electron chi connectivity index (χ0n) is 12.4. The number of amides is 1. The van der Waals surface area contributed by atoms with Crippen molar-refractivity contribution in [3.8, 4) is 0 Å². The number of carbonyl (C=O) groups excluding carboxylic acids is 2. The summed E-state index contributed by atoms with van der Waals surface area (Å²) in [4.78, 5) is 23.3. The van der Waals surface area contributed by atoms with Crippen LogP contribution < -0.4 is 5.32 Å². The lowest BCUT2D eigenvalue weighted by molar-refractivity contribution is -0.143. The first kappa shape index (κ1) is 18.1. The van der Waals surface area contributed by atoms with Crippen LogP contribution in [0.15, 0.2) is 29.2 Å². The second-order valence-electron chi connectivity index (χ2n) is 4.54. The van der Waals surface area contributed by atoms with Gasteiger partial charge in [0.1, 0.15) is 0 Å². The fourth-order valence-corrected chi connectivity index (χ4v) is 2.45. The summed E-state index contributed by atoms with van der Waals surface area (Å²) in [6, 6.07) is 4.03. The Hall–Kier alpha value is -1.97. The molecular weight excluding hydrogens is 312 g/mol. The van der Waals surface area contributed by atoms with Crippen molar-refractivity contribution in [1.29, 1.82) is 0 Å². The van der Waals surface area contributed by atoms with Gasteiger partial charge in [0.05, 0.1) is 18.6 Å². The highest BCUT2D eigenvalue weighted by molar-refractivity contribution is 7.89. The minimum Gasteiger partial charge on any atom is -0.467 e. The maximum absolute atomic E-state index is 11.9. The second kappa shape index (κ2) is 7.34. The van der Waals surface area contributed by atoms with E-state index in [-0.39, 0.29) is 10.5 Å². The molecule has 1 amide bonds. The quantitative estimate of drug-likeness (QED) is 0.660. The van der Waals surface area contributed by atoms with Crippen molar-refractivity contribution in [2.75, 3.05) is 27.8 Å². The average molecular weight is 330 g/mol. The van der Waals surface area contributed by atoms with Crippen LogP contribution in [0.4, 0.5) is 0 Å². The zero-order valence-corrected chi connectivity index (χ0v) is 13.3. The van der Waals surface area contributed by atoms with E-state index in [4.69, 9.17) is 5.11 Å². The normalized spacial score (nSPS) is 12.8. The third kappa shape index (κ3) is 4.03. The molecule has 1 aromatic carbocycles. The van der Waals surface area contributed by atoms with Gasteiger partial charge in [0, 0.05) is 19.7 Å². The summed E-state index contributed by atoms with van der Waals surface area (Å²) in [5.41, 5.74) is 0.153. The van der Waals surface area contributed by atoms with Crippen molar-refractivity contribution in [2.45, 2.75) is 10.9 Å². The molecule has 0 spiro atoms. The molecule has 0 aliphatic heterocycles. The Bertz CT molecular complexity index is 639. The molecule has 0 saturated carbocycles. The predicted octanol–water partition coefficient (Wildman–Crippen LogP) is -0.799. The van der Waals surface area contributed by atoms with E-state index in [1.807, 2.05) is 0 Å². The van der Waals surface area contributed by atoms with Gasteiger partial charge < -0.3 is 15.2 Å². The van der Waals surface area contributed by atoms with Gasteiger partial charge in [-0.1, -0.05) is 0 Å². The maximum Gasteiger partial charge on any atom is 0.330 e. The third-order valence-electron chi connectivity index (χ3n) is 2.87. The number of methoxy groups -OCH3 is 1. The van der Waals surface area contributed by atoms with E-state index in [0.29, 0.717) is 0 Å². The summed E-state index contributed by atoms with van der Waals surface area (Å²) in [6.45, 7) is -0.606. The minimum absolute atomic E-state index is 0.0423. The predicted molar refractivity (Wildman–Crippen MR) is 77.7 cm³/mol. The molecule has 0 aliphatic carbocycles. The van der Waals surface area contributed by atoms with Gasteiger partial charge in [0.15, 0.2) is 6.04 Å². The Kier molecular flexibility index (Phi) is 6.03. The highest BCUT2D eigenvalue weighted by Gasteiger charge is 2.22. The molecule has 122 valence electrons. The molecule has 1 rings (SSSR count). The SMILES string of the molecule is COC(=O)[C@H](CO)NC(=O)c1ccc(S(=O)(=O)N(C)C)cc1. The van der Waals surface area contributed by atoms with E-state index in [1.54, 1.807) is 0 Å².